The second kappa shape index (κ2) is 6.02. The maximum atomic E-state index is 11.1. The third-order valence-corrected chi connectivity index (χ3v) is 3.90. The zero-order valence-electron chi connectivity index (χ0n) is 11.2. The van der Waals surface area contributed by atoms with E-state index >= 15 is 0 Å². The van der Waals surface area contributed by atoms with E-state index < -0.39 is 10.8 Å². The molecule has 5 heteroatoms. The summed E-state index contributed by atoms with van der Waals surface area (Å²) in [6.07, 6.45) is 6.16. The first-order valence-electron chi connectivity index (χ1n) is 6.26. The maximum absolute atomic E-state index is 11.1. The van der Waals surface area contributed by atoms with E-state index in [0.717, 1.165) is 28.6 Å². The average Bonchev–Trinajstić information content (AvgIpc) is 2.40. The number of fused-ring (bicyclic) bond motifs is 1. The second-order valence-electron chi connectivity index (χ2n) is 4.73. The first kappa shape index (κ1) is 13.8. The fourth-order valence-electron chi connectivity index (χ4n) is 2.02. The summed E-state index contributed by atoms with van der Waals surface area (Å²) in [6, 6.07) is 6.05. The Bertz CT molecular complexity index is 600. The quantitative estimate of drug-likeness (QED) is 0.823. The molecule has 2 rings (SSSR count). The van der Waals surface area contributed by atoms with E-state index in [1.54, 1.807) is 12.5 Å². The van der Waals surface area contributed by atoms with Crippen LogP contribution in [0.4, 0.5) is 11.4 Å². The van der Waals surface area contributed by atoms with E-state index in [4.69, 9.17) is 5.73 Å². The number of nitrogens with zero attached hydrogens (tertiary/aromatic N) is 1. The van der Waals surface area contributed by atoms with Crippen LogP contribution in [0.25, 0.3) is 10.8 Å². The van der Waals surface area contributed by atoms with Crippen molar-refractivity contribution in [1.29, 1.82) is 0 Å². The molecule has 1 heterocycles. The highest BCUT2D eigenvalue weighted by atomic mass is 32.2. The number of hydrogen-bond acceptors (Lipinski definition) is 4. The zero-order chi connectivity index (χ0) is 13.8. The van der Waals surface area contributed by atoms with Gasteiger partial charge in [0.25, 0.3) is 0 Å². The average molecular weight is 277 g/mol. The number of nitrogens with two attached hydrogens (primary N) is 1. The van der Waals surface area contributed by atoms with Gasteiger partial charge in [-0.3, -0.25) is 9.19 Å². The van der Waals surface area contributed by atoms with Gasteiger partial charge in [0, 0.05) is 63.4 Å². The molecule has 0 fully saturated rings. The van der Waals surface area contributed by atoms with Crippen LogP contribution in [0.2, 0.25) is 0 Å². The molecule has 102 valence electrons. The third kappa shape index (κ3) is 3.44. The molecule has 19 heavy (non-hydrogen) atoms. The molecular weight excluding hydrogens is 258 g/mol. The summed E-state index contributed by atoms with van der Waals surface area (Å²) < 4.78 is 11.1. The van der Waals surface area contributed by atoms with Gasteiger partial charge in [-0.15, -0.1) is 0 Å². The van der Waals surface area contributed by atoms with Crippen LogP contribution in [-0.4, -0.2) is 27.2 Å². The van der Waals surface area contributed by atoms with Gasteiger partial charge >= 0.3 is 0 Å². The summed E-state index contributed by atoms with van der Waals surface area (Å²) in [5, 5.41) is 5.46. The minimum Gasteiger partial charge on any atom is -0.398 e. The van der Waals surface area contributed by atoms with Crippen molar-refractivity contribution in [2.24, 2.45) is 0 Å². The minimum atomic E-state index is -0.747. The van der Waals surface area contributed by atoms with Crippen molar-refractivity contribution >= 4 is 32.9 Å². The number of pyridine rings is 1. The van der Waals surface area contributed by atoms with Crippen molar-refractivity contribution in [1.82, 2.24) is 4.98 Å². The number of nitrogens with one attached hydrogen (secondary N) is 1. The predicted octanol–water partition coefficient (Wildman–Crippen LogP) is 2.39. The van der Waals surface area contributed by atoms with Crippen molar-refractivity contribution in [3.05, 3.63) is 30.6 Å². The van der Waals surface area contributed by atoms with E-state index in [9.17, 15) is 4.21 Å². The van der Waals surface area contributed by atoms with E-state index in [0.29, 0.717) is 5.75 Å². The van der Waals surface area contributed by atoms with Crippen molar-refractivity contribution in [2.75, 3.05) is 23.1 Å². The Labute approximate surface area is 115 Å². The molecule has 0 aliphatic heterocycles. The third-order valence-electron chi connectivity index (χ3n) is 3.09. The fourth-order valence-corrected chi connectivity index (χ4v) is 2.71. The fraction of sp³-hybridized carbons (Fsp3) is 0.357. The molecule has 1 aromatic heterocycles. The van der Waals surface area contributed by atoms with Crippen molar-refractivity contribution in [3.63, 3.8) is 0 Å². The smallest absolute Gasteiger partial charge is 0.0439 e. The zero-order valence-corrected chi connectivity index (χ0v) is 12.0. The van der Waals surface area contributed by atoms with E-state index in [1.165, 1.54) is 0 Å². The number of benzene rings is 1. The van der Waals surface area contributed by atoms with Crippen LogP contribution in [0.5, 0.6) is 0 Å². The summed E-state index contributed by atoms with van der Waals surface area (Å²) in [4.78, 5) is 4.15. The lowest BCUT2D eigenvalue weighted by molar-refractivity contribution is 0.678. The summed E-state index contributed by atoms with van der Waals surface area (Å²) in [5.41, 5.74) is 7.73. The number of aromatic nitrogens is 1. The molecule has 0 radical (unpaired) electrons. The molecule has 2 aromatic rings. The predicted molar refractivity (Wildman–Crippen MR) is 82.8 cm³/mol. The Balaban J connectivity index is 2.21. The van der Waals surface area contributed by atoms with Crippen LogP contribution in [0, 0.1) is 0 Å². The van der Waals surface area contributed by atoms with Crippen molar-refractivity contribution < 1.29 is 4.21 Å². The highest BCUT2D eigenvalue weighted by Crippen LogP contribution is 2.28. The summed E-state index contributed by atoms with van der Waals surface area (Å²) in [7, 11) is -0.747. The topological polar surface area (TPSA) is 68.0 Å². The number of anilines is 2. The van der Waals surface area contributed by atoms with Crippen LogP contribution in [0.1, 0.15) is 13.3 Å². The summed E-state index contributed by atoms with van der Waals surface area (Å²) in [5.74, 6) is 0.708. The monoisotopic (exact) mass is 277 g/mol. The Morgan fingerprint density at radius 1 is 1.37 bits per heavy atom. The number of rotatable bonds is 5. The lowest BCUT2D eigenvalue weighted by atomic mass is 10.1. The Hall–Kier alpha value is -1.62. The lowest BCUT2D eigenvalue weighted by Crippen LogP contribution is -2.18. The van der Waals surface area contributed by atoms with Gasteiger partial charge in [0.1, 0.15) is 0 Å². The van der Waals surface area contributed by atoms with Gasteiger partial charge in [0.05, 0.1) is 0 Å². The Kier molecular flexibility index (Phi) is 4.37. The Morgan fingerprint density at radius 3 is 2.89 bits per heavy atom. The number of nitrogen functional groups attached to an aromatic ring is 1. The Morgan fingerprint density at radius 2 is 2.16 bits per heavy atom. The molecule has 1 aromatic carbocycles. The molecular formula is C14H19N3OS. The molecule has 0 aliphatic carbocycles. The van der Waals surface area contributed by atoms with Crippen LogP contribution in [0.3, 0.4) is 0 Å². The molecule has 4 nitrogen and oxygen atoms in total. The van der Waals surface area contributed by atoms with Crippen molar-refractivity contribution in [3.8, 4) is 0 Å². The van der Waals surface area contributed by atoms with Crippen LogP contribution < -0.4 is 11.1 Å². The molecule has 0 saturated carbocycles. The first-order chi connectivity index (χ1) is 9.08. The standard InChI is InChI=1S/C14H19N3OS/c1-10(6-8-19(2)18)17-14-4-3-13(15)11-5-7-16-9-12(11)14/h3-5,7,9-10,17H,6,8,15H2,1-2H3. The van der Waals surface area contributed by atoms with E-state index in [-0.39, 0.29) is 6.04 Å². The van der Waals surface area contributed by atoms with Gasteiger partial charge in [-0.25, -0.2) is 0 Å². The van der Waals surface area contributed by atoms with Gasteiger partial charge < -0.3 is 11.1 Å². The van der Waals surface area contributed by atoms with Crippen LogP contribution in [-0.2, 0) is 10.8 Å². The van der Waals surface area contributed by atoms with E-state index in [1.807, 2.05) is 24.4 Å². The largest absolute Gasteiger partial charge is 0.398 e. The maximum Gasteiger partial charge on any atom is 0.0439 e. The molecule has 2 atom stereocenters. The molecule has 0 amide bonds. The number of hydrogen-bond donors (Lipinski definition) is 2. The normalized spacial score (nSPS) is 14.2. The summed E-state index contributed by atoms with van der Waals surface area (Å²) in [6.45, 7) is 2.09. The van der Waals surface area contributed by atoms with Gasteiger partial charge in [-0.05, 0) is 31.5 Å². The van der Waals surface area contributed by atoms with E-state index in [2.05, 4.69) is 17.2 Å². The van der Waals surface area contributed by atoms with Crippen molar-refractivity contribution in [2.45, 2.75) is 19.4 Å². The second-order valence-corrected chi connectivity index (χ2v) is 6.29. The highest BCUT2D eigenvalue weighted by Gasteiger charge is 2.08. The molecule has 0 saturated heterocycles. The SMILES string of the molecule is CC(CCS(C)=O)Nc1ccc(N)c2ccncc12. The minimum absolute atomic E-state index is 0.260. The molecule has 2 unspecified atom stereocenters. The lowest BCUT2D eigenvalue weighted by Gasteiger charge is -2.17. The van der Waals surface area contributed by atoms with Crippen LogP contribution in [0.15, 0.2) is 30.6 Å². The van der Waals surface area contributed by atoms with Gasteiger partial charge in [0.15, 0.2) is 0 Å². The van der Waals surface area contributed by atoms with Gasteiger partial charge in [-0.2, -0.15) is 0 Å². The molecule has 0 spiro atoms. The summed E-state index contributed by atoms with van der Waals surface area (Å²) >= 11 is 0. The van der Waals surface area contributed by atoms with Crippen LogP contribution >= 0.6 is 0 Å². The molecule has 3 N–H and O–H groups in total. The van der Waals surface area contributed by atoms with Gasteiger partial charge in [-0.1, -0.05) is 0 Å². The highest BCUT2D eigenvalue weighted by molar-refractivity contribution is 7.84. The molecule has 0 bridgehead atoms. The first-order valence-corrected chi connectivity index (χ1v) is 7.99. The van der Waals surface area contributed by atoms with Gasteiger partial charge in [0.2, 0.25) is 0 Å². The molecule has 0 aliphatic rings.